The third-order valence-electron chi connectivity index (χ3n) is 3.47. The molecule has 0 bridgehead atoms. The predicted molar refractivity (Wildman–Crippen MR) is 78.0 cm³/mol. The molecule has 4 heteroatoms. The molecule has 0 unspecified atom stereocenters. The molecule has 4 nitrogen and oxygen atoms in total. The quantitative estimate of drug-likeness (QED) is 0.851. The van der Waals surface area contributed by atoms with Crippen molar-refractivity contribution in [1.29, 1.82) is 0 Å². The number of carbonyl (C=O) groups excluding carboxylic acids is 1. The molecule has 1 amide bonds. The Bertz CT molecular complexity index is 477. The largest absolute Gasteiger partial charge is 0.483 e. The number of hydrogen-bond donors (Lipinski definition) is 0. The van der Waals surface area contributed by atoms with Crippen LogP contribution in [0.15, 0.2) is 18.2 Å². The number of morpholine rings is 1. The number of ether oxygens (including phenoxy) is 2. The number of rotatable bonds is 3. The van der Waals surface area contributed by atoms with E-state index in [0.29, 0.717) is 13.1 Å². The fraction of sp³-hybridized carbons (Fsp3) is 0.562. The minimum Gasteiger partial charge on any atom is -0.483 e. The second kappa shape index (κ2) is 6.27. The molecule has 20 heavy (non-hydrogen) atoms. The van der Waals surface area contributed by atoms with Gasteiger partial charge in [0.1, 0.15) is 5.75 Å². The summed E-state index contributed by atoms with van der Waals surface area (Å²) in [6, 6.07) is 6.01. The molecule has 110 valence electrons. The van der Waals surface area contributed by atoms with E-state index in [1.54, 1.807) is 0 Å². The molecule has 0 aliphatic carbocycles. The number of aryl methyl sites for hydroxylation is 2. The van der Waals surface area contributed by atoms with Crippen molar-refractivity contribution in [2.24, 2.45) is 0 Å². The van der Waals surface area contributed by atoms with Crippen LogP contribution in [0.1, 0.15) is 25.0 Å². The molecule has 0 spiro atoms. The van der Waals surface area contributed by atoms with Crippen LogP contribution in [0.25, 0.3) is 0 Å². The van der Waals surface area contributed by atoms with Crippen LogP contribution in [-0.4, -0.2) is 42.7 Å². The van der Waals surface area contributed by atoms with Gasteiger partial charge in [-0.1, -0.05) is 12.1 Å². The van der Waals surface area contributed by atoms with E-state index in [0.717, 1.165) is 16.9 Å². The lowest BCUT2D eigenvalue weighted by Gasteiger charge is -2.35. The Morgan fingerprint density at radius 1 is 1.30 bits per heavy atom. The van der Waals surface area contributed by atoms with Crippen LogP contribution in [0.3, 0.4) is 0 Å². The van der Waals surface area contributed by atoms with Crippen LogP contribution in [0, 0.1) is 13.8 Å². The van der Waals surface area contributed by atoms with Gasteiger partial charge in [0.05, 0.1) is 12.2 Å². The smallest absolute Gasteiger partial charge is 0.260 e. The summed E-state index contributed by atoms with van der Waals surface area (Å²) >= 11 is 0. The molecule has 1 aliphatic heterocycles. The molecule has 0 aromatic heterocycles. The Morgan fingerprint density at radius 3 is 2.60 bits per heavy atom. The lowest BCUT2D eigenvalue weighted by molar-refractivity contribution is -0.145. The van der Waals surface area contributed by atoms with Gasteiger partial charge in [-0.05, 0) is 44.9 Å². The summed E-state index contributed by atoms with van der Waals surface area (Å²) in [7, 11) is 0. The lowest BCUT2D eigenvalue weighted by atomic mass is 10.1. The van der Waals surface area contributed by atoms with Crippen LogP contribution in [-0.2, 0) is 9.53 Å². The first-order valence-corrected chi connectivity index (χ1v) is 7.09. The minimum atomic E-state index is 0.0212. The minimum absolute atomic E-state index is 0.0212. The number of carbonyl (C=O) groups is 1. The van der Waals surface area contributed by atoms with Crippen molar-refractivity contribution < 1.29 is 14.3 Å². The van der Waals surface area contributed by atoms with E-state index < -0.39 is 0 Å². The standard InChI is InChI=1S/C16H23NO3/c1-11-5-6-12(2)15(7-11)19-10-16(18)17-8-13(3)20-14(4)9-17/h5-7,13-14H,8-10H2,1-4H3/t13-,14-/m0/s1. The van der Waals surface area contributed by atoms with E-state index in [1.807, 2.05) is 50.8 Å². The van der Waals surface area contributed by atoms with E-state index >= 15 is 0 Å². The molecule has 2 atom stereocenters. The van der Waals surface area contributed by atoms with Crippen LogP contribution < -0.4 is 4.74 Å². The van der Waals surface area contributed by atoms with Gasteiger partial charge in [-0.2, -0.15) is 0 Å². The van der Waals surface area contributed by atoms with Gasteiger partial charge in [0, 0.05) is 13.1 Å². The van der Waals surface area contributed by atoms with Crippen molar-refractivity contribution in [2.75, 3.05) is 19.7 Å². The summed E-state index contributed by atoms with van der Waals surface area (Å²) in [5.74, 6) is 0.806. The molecule has 1 aromatic carbocycles. The van der Waals surface area contributed by atoms with Gasteiger partial charge in [0.2, 0.25) is 0 Å². The average molecular weight is 277 g/mol. The number of benzene rings is 1. The number of nitrogens with zero attached hydrogens (tertiary/aromatic N) is 1. The summed E-state index contributed by atoms with van der Waals surface area (Å²) in [6.45, 7) is 9.34. The molecular formula is C16H23NO3. The third-order valence-corrected chi connectivity index (χ3v) is 3.47. The van der Waals surface area contributed by atoms with E-state index in [1.165, 1.54) is 0 Å². The zero-order valence-corrected chi connectivity index (χ0v) is 12.7. The van der Waals surface area contributed by atoms with Crippen molar-refractivity contribution in [3.63, 3.8) is 0 Å². The molecule has 0 N–H and O–H groups in total. The average Bonchev–Trinajstić information content (AvgIpc) is 2.38. The molecule has 1 aromatic rings. The normalized spacial score (nSPS) is 22.7. The number of hydrogen-bond acceptors (Lipinski definition) is 3. The van der Waals surface area contributed by atoms with Gasteiger partial charge in [0.25, 0.3) is 5.91 Å². The van der Waals surface area contributed by atoms with Gasteiger partial charge in [-0.3, -0.25) is 4.79 Å². The first kappa shape index (κ1) is 14.9. The van der Waals surface area contributed by atoms with Crippen molar-refractivity contribution in [3.8, 4) is 5.75 Å². The monoisotopic (exact) mass is 277 g/mol. The Balaban J connectivity index is 1.93. The second-order valence-corrected chi connectivity index (χ2v) is 5.61. The van der Waals surface area contributed by atoms with Crippen molar-refractivity contribution in [1.82, 2.24) is 4.90 Å². The molecule has 1 heterocycles. The van der Waals surface area contributed by atoms with Crippen molar-refractivity contribution >= 4 is 5.91 Å². The molecule has 1 aliphatic rings. The van der Waals surface area contributed by atoms with E-state index in [9.17, 15) is 4.79 Å². The number of amides is 1. The highest BCUT2D eigenvalue weighted by atomic mass is 16.5. The van der Waals surface area contributed by atoms with Crippen LogP contribution >= 0.6 is 0 Å². The second-order valence-electron chi connectivity index (χ2n) is 5.61. The topological polar surface area (TPSA) is 38.8 Å². The fourth-order valence-corrected chi connectivity index (χ4v) is 2.48. The first-order valence-electron chi connectivity index (χ1n) is 7.09. The summed E-state index contributed by atoms with van der Waals surface area (Å²) in [6.07, 6.45) is 0.173. The Labute approximate surface area is 120 Å². The summed E-state index contributed by atoms with van der Waals surface area (Å²) in [5, 5.41) is 0. The molecule has 0 radical (unpaired) electrons. The Morgan fingerprint density at radius 2 is 1.95 bits per heavy atom. The lowest BCUT2D eigenvalue weighted by Crippen LogP contribution is -2.49. The highest BCUT2D eigenvalue weighted by Crippen LogP contribution is 2.19. The van der Waals surface area contributed by atoms with Crippen LogP contribution in [0.4, 0.5) is 0 Å². The first-order chi connectivity index (χ1) is 9.45. The maximum Gasteiger partial charge on any atom is 0.260 e. The molecule has 0 saturated carbocycles. The molecule has 1 fully saturated rings. The molecular weight excluding hydrogens is 254 g/mol. The summed E-state index contributed by atoms with van der Waals surface area (Å²) in [5.41, 5.74) is 2.18. The summed E-state index contributed by atoms with van der Waals surface area (Å²) in [4.78, 5) is 14.0. The van der Waals surface area contributed by atoms with Gasteiger partial charge in [0.15, 0.2) is 6.61 Å². The fourth-order valence-electron chi connectivity index (χ4n) is 2.48. The zero-order valence-electron chi connectivity index (χ0n) is 12.7. The predicted octanol–water partition coefficient (Wildman–Crippen LogP) is 2.32. The molecule has 1 saturated heterocycles. The zero-order chi connectivity index (χ0) is 14.7. The van der Waals surface area contributed by atoms with Crippen molar-refractivity contribution in [3.05, 3.63) is 29.3 Å². The van der Waals surface area contributed by atoms with Crippen LogP contribution in [0.5, 0.6) is 5.75 Å². The highest BCUT2D eigenvalue weighted by Gasteiger charge is 2.26. The van der Waals surface area contributed by atoms with E-state index in [-0.39, 0.29) is 24.7 Å². The Hall–Kier alpha value is -1.55. The van der Waals surface area contributed by atoms with Crippen molar-refractivity contribution in [2.45, 2.75) is 39.9 Å². The van der Waals surface area contributed by atoms with Crippen LogP contribution in [0.2, 0.25) is 0 Å². The maximum absolute atomic E-state index is 12.2. The highest BCUT2D eigenvalue weighted by molar-refractivity contribution is 5.78. The van der Waals surface area contributed by atoms with Gasteiger partial charge in [-0.25, -0.2) is 0 Å². The third kappa shape index (κ3) is 3.73. The maximum atomic E-state index is 12.2. The Kier molecular flexibility index (Phi) is 4.65. The SMILES string of the molecule is Cc1ccc(C)c(OCC(=O)N2C[C@H](C)O[C@@H](C)C2)c1. The summed E-state index contributed by atoms with van der Waals surface area (Å²) < 4.78 is 11.3. The van der Waals surface area contributed by atoms with Gasteiger partial charge >= 0.3 is 0 Å². The molecule has 2 rings (SSSR count). The van der Waals surface area contributed by atoms with Gasteiger partial charge < -0.3 is 14.4 Å². The van der Waals surface area contributed by atoms with Gasteiger partial charge in [-0.15, -0.1) is 0 Å². The van der Waals surface area contributed by atoms with E-state index in [2.05, 4.69) is 0 Å². The van der Waals surface area contributed by atoms with E-state index in [4.69, 9.17) is 9.47 Å².